The Morgan fingerprint density at radius 1 is 0.903 bits per heavy atom. The highest BCUT2D eigenvalue weighted by Crippen LogP contribution is 2.22. The molecule has 0 saturated carbocycles. The number of aryl methyl sites for hydroxylation is 1. The summed E-state index contributed by atoms with van der Waals surface area (Å²) in [6.07, 6.45) is 0.758. The molecule has 0 radical (unpaired) electrons. The molecule has 2 aromatic carbocycles. The lowest BCUT2D eigenvalue weighted by Crippen LogP contribution is -2.25. The number of nitrogens with zero attached hydrogens (tertiary/aromatic N) is 2. The van der Waals surface area contributed by atoms with Crippen LogP contribution in [0.2, 0.25) is 0 Å². The SMILES string of the molecule is CCC(=O)N(C)Cc1ccc(-c2ccc(C(=O)CCc3ccc(F)nc3F)cc2)cc1. The first-order valence-corrected chi connectivity index (χ1v) is 10.1. The molecule has 160 valence electrons. The fourth-order valence-electron chi connectivity index (χ4n) is 3.30. The number of halogens is 2. The van der Waals surface area contributed by atoms with Crippen molar-refractivity contribution in [2.24, 2.45) is 0 Å². The van der Waals surface area contributed by atoms with Gasteiger partial charge in [0.1, 0.15) is 0 Å². The van der Waals surface area contributed by atoms with E-state index >= 15 is 0 Å². The van der Waals surface area contributed by atoms with Crippen molar-refractivity contribution in [1.82, 2.24) is 9.88 Å². The summed E-state index contributed by atoms with van der Waals surface area (Å²) in [5, 5.41) is 0. The second-order valence-corrected chi connectivity index (χ2v) is 7.38. The number of pyridine rings is 1. The summed E-state index contributed by atoms with van der Waals surface area (Å²) < 4.78 is 26.5. The molecule has 1 amide bonds. The van der Waals surface area contributed by atoms with Gasteiger partial charge in [-0.05, 0) is 35.2 Å². The van der Waals surface area contributed by atoms with Gasteiger partial charge in [0.05, 0.1) is 0 Å². The van der Waals surface area contributed by atoms with Gasteiger partial charge in [-0.3, -0.25) is 9.59 Å². The fraction of sp³-hybridized carbons (Fsp3) is 0.240. The lowest BCUT2D eigenvalue weighted by Gasteiger charge is -2.16. The Labute approximate surface area is 180 Å². The molecule has 0 unspecified atom stereocenters. The maximum absolute atomic E-state index is 13.6. The third-order valence-corrected chi connectivity index (χ3v) is 5.16. The van der Waals surface area contributed by atoms with E-state index in [1.165, 1.54) is 6.07 Å². The number of Topliss-reactive ketones (excluding diaryl/α,β-unsaturated/α-hetero) is 1. The average Bonchev–Trinajstić information content (AvgIpc) is 2.78. The second kappa shape index (κ2) is 10.1. The normalized spacial score (nSPS) is 10.7. The summed E-state index contributed by atoms with van der Waals surface area (Å²) in [6, 6.07) is 17.6. The van der Waals surface area contributed by atoms with Crippen molar-refractivity contribution in [1.29, 1.82) is 0 Å². The standard InChI is InChI=1S/C25H24F2N2O2/c1-3-24(31)29(2)16-17-4-6-18(7-5-17)19-8-10-20(11-9-19)22(30)14-12-21-13-15-23(26)28-25(21)27/h4-11,13,15H,3,12,14,16H2,1-2H3. The minimum atomic E-state index is -0.878. The van der Waals surface area contributed by atoms with Gasteiger partial charge in [0.15, 0.2) is 5.78 Å². The molecular weight excluding hydrogens is 398 g/mol. The Morgan fingerprint density at radius 3 is 2.10 bits per heavy atom. The molecule has 4 nitrogen and oxygen atoms in total. The second-order valence-electron chi connectivity index (χ2n) is 7.38. The first-order chi connectivity index (χ1) is 14.9. The number of amides is 1. The van der Waals surface area contributed by atoms with Gasteiger partial charge in [-0.25, -0.2) is 0 Å². The Bertz CT molecular complexity index is 1060. The zero-order valence-corrected chi connectivity index (χ0v) is 17.6. The molecule has 1 heterocycles. The van der Waals surface area contributed by atoms with E-state index in [4.69, 9.17) is 0 Å². The van der Waals surface area contributed by atoms with Crippen LogP contribution in [0.5, 0.6) is 0 Å². The highest BCUT2D eigenvalue weighted by atomic mass is 19.1. The topological polar surface area (TPSA) is 50.3 Å². The molecule has 0 aliphatic rings. The number of rotatable bonds is 8. The molecule has 0 bridgehead atoms. The monoisotopic (exact) mass is 422 g/mol. The summed E-state index contributed by atoms with van der Waals surface area (Å²) in [5.74, 6) is -1.77. The van der Waals surface area contributed by atoms with Crippen LogP contribution in [0.3, 0.4) is 0 Å². The third kappa shape index (κ3) is 5.81. The van der Waals surface area contributed by atoms with Gasteiger partial charge in [-0.15, -0.1) is 0 Å². The van der Waals surface area contributed by atoms with E-state index in [0.717, 1.165) is 22.8 Å². The summed E-state index contributed by atoms with van der Waals surface area (Å²) in [6.45, 7) is 2.40. The highest BCUT2D eigenvalue weighted by Gasteiger charge is 2.11. The van der Waals surface area contributed by atoms with Crippen molar-refractivity contribution in [3.8, 4) is 11.1 Å². The number of hydrogen-bond acceptors (Lipinski definition) is 3. The number of benzene rings is 2. The van der Waals surface area contributed by atoms with Crippen molar-refractivity contribution in [2.75, 3.05) is 7.05 Å². The fourth-order valence-corrected chi connectivity index (χ4v) is 3.30. The van der Waals surface area contributed by atoms with Crippen molar-refractivity contribution in [3.63, 3.8) is 0 Å². The molecule has 0 spiro atoms. The number of carbonyl (C=O) groups excluding carboxylic acids is 2. The Hall–Kier alpha value is -3.41. The van der Waals surface area contributed by atoms with E-state index in [9.17, 15) is 18.4 Å². The molecule has 0 fully saturated rings. The maximum atomic E-state index is 13.6. The van der Waals surface area contributed by atoms with E-state index < -0.39 is 11.9 Å². The lowest BCUT2D eigenvalue weighted by molar-refractivity contribution is -0.130. The van der Waals surface area contributed by atoms with Crippen LogP contribution >= 0.6 is 0 Å². The molecule has 31 heavy (non-hydrogen) atoms. The summed E-state index contributed by atoms with van der Waals surface area (Å²) >= 11 is 0. The molecule has 0 N–H and O–H groups in total. The van der Waals surface area contributed by atoms with E-state index in [1.54, 1.807) is 24.1 Å². The third-order valence-electron chi connectivity index (χ3n) is 5.16. The van der Waals surface area contributed by atoms with Crippen LogP contribution in [0.4, 0.5) is 8.78 Å². The van der Waals surface area contributed by atoms with Crippen LogP contribution in [0.25, 0.3) is 11.1 Å². The Kier molecular flexibility index (Phi) is 7.23. The smallest absolute Gasteiger partial charge is 0.222 e. The number of aromatic nitrogens is 1. The zero-order valence-electron chi connectivity index (χ0n) is 17.6. The van der Waals surface area contributed by atoms with E-state index in [0.29, 0.717) is 18.5 Å². The molecule has 1 aromatic heterocycles. The van der Waals surface area contributed by atoms with Gasteiger partial charge in [0.25, 0.3) is 0 Å². The van der Waals surface area contributed by atoms with E-state index in [1.807, 2.05) is 43.3 Å². The van der Waals surface area contributed by atoms with Crippen LogP contribution in [0.1, 0.15) is 41.3 Å². The van der Waals surface area contributed by atoms with Crippen molar-refractivity contribution < 1.29 is 18.4 Å². The first-order valence-electron chi connectivity index (χ1n) is 10.1. The van der Waals surface area contributed by atoms with Gasteiger partial charge < -0.3 is 4.90 Å². The number of hydrogen-bond donors (Lipinski definition) is 0. The molecular formula is C25H24F2N2O2. The molecule has 3 aromatic rings. The van der Waals surface area contributed by atoms with Crippen molar-refractivity contribution in [2.45, 2.75) is 32.7 Å². The molecule has 3 rings (SSSR count). The number of carbonyl (C=O) groups is 2. The van der Waals surface area contributed by atoms with Gasteiger partial charge in [-0.2, -0.15) is 13.8 Å². The highest BCUT2D eigenvalue weighted by molar-refractivity contribution is 5.96. The van der Waals surface area contributed by atoms with Gasteiger partial charge >= 0.3 is 0 Å². The summed E-state index contributed by atoms with van der Waals surface area (Å²) in [7, 11) is 1.79. The minimum absolute atomic E-state index is 0.0998. The van der Waals surface area contributed by atoms with Crippen LogP contribution in [0.15, 0.2) is 60.7 Å². The van der Waals surface area contributed by atoms with Crippen molar-refractivity contribution >= 4 is 11.7 Å². The summed E-state index contributed by atoms with van der Waals surface area (Å²) in [5.41, 5.74) is 3.78. The van der Waals surface area contributed by atoms with Gasteiger partial charge in [0.2, 0.25) is 17.8 Å². The lowest BCUT2D eigenvalue weighted by atomic mass is 9.99. The predicted octanol–water partition coefficient (Wildman–Crippen LogP) is 5.21. The first kappa shape index (κ1) is 22.3. The van der Waals surface area contributed by atoms with Crippen LogP contribution < -0.4 is 0 Å². The Morgan fingerprint density at radius 2 is 1.52 bits per heavy atom. The minimum Gasteiger partial charge on any atom is -0.341 e. The molecule has 0 aliphatic heterocycles. The molecule has 0 aliphatic carbocycles. The van der Waals surface area contributed by atoms with Gasteiger partial charge in [-0.1, -0.05) is 55.5 Å². The maximum Gasteiger partial charge on any atom is 0.222 e. The van der Waals surface area contributed by atoms with Crippen molar-refractivity contribution in [3.05, 3.63) is 89.2 Å². The Balaban J connectivity index is 1.61. The van der Waals surface area contributed by atoms with Gasteiger partial charge in [0, 0.05) is 37.6 Å². The summed E-state index contributed by atoms with van der Waals surface area (Å²) in [4.78, 5) is 29.0. The zero-order chi connectivity index (χ0) is 22.4. The quantitative estimate of drug-likeness (QED) is 0.370. The largest absolute Gasteiger partial charge is 0.341 e. The predicted molar refractivity (Wildman–Crippen MR) is 115 cm³/mol. The average molecular weight is 422 g/mol. The number of ketones is 1. The van der Waals surface area contributed by atoms with Crippen LogP contribution in [0, 0.1) is 11.9 Å². The molecule has 0 saturated heterocycles. The van der Waals surface area contributed by atoms with E-state index in [2.05, 4.69) is 4.98 Å². The van der Waals surface area contributed by atoms with Crippen LogP contribution in [-0.2, 0) is 17.8 Å². The molecule has 0 atom stereocenters. The molecule has 6 heteroatoms. The van der Waals surface area contributed by atoms with Crippen LogP contribution in [-0.4, -0.2) is 28.6 Å². The van der Waals surface area contributed by atoms with E-state index in [-0.39, 0.29) is 30.1 Å².